The minimum Gasteiger partial charge on any atom is -0.327 e. The number of rotatable bonds is 5. The second kappa shape index (κ2) is 6.14. The van der Waals surface area contributed by atoms with E-state index in [9.17, 15) is 13.2 Å². The van der Waals surface area contributed by atoms with E-state index in [2.05, 4.69) is 0 Å². The lowest BCUT2D eigenvalue weighted by atomic mass is 10.2. The predicted octanol–water partition coefficient (Wildman–Crippen LogP) is 2.16. The van der Waals surface area contributed by atoms with E-state index in [0.29, 0.717) is 5.75 Å². The van der Waals surface area contributed by atoms with Crippen molar-refractivity contribution in [2.45, 2.75) is 25.6 Å². The number of nitrogens with zero attached hydrogens (tertiary/aromatic N) is 1. The number of hydrogen-bond donors (Lipinski definition) is 1. The standard InChI is InChI=1S/C8H13F3N2S/c1-2-7(13)5-14-4-6(3-12)8(9,10)11/h6-7H,2,4-5,13H2,1H3. The maximum absolute atomic E-state index is 12.1. The normalized spacial score (nSPS) is 16.0. The highest BCUT2D eigenvalue weighted by molar-refractivity contribution is 7.99. The van der Waals surface area contributed by atoms with Crippen LogP contribution in [-0.4, -0.2) is 23.7 Å². The largest absolute Gasteiger partial charge is 0.405 e. The molecule has 14 heavy (non-hydrogen) atoms. The Morgan fingerprint density at radius 1 is 1.43 bits per heavy atom. The summed E-state index contributed by atoms with van der Waals surface area (Å²) in [5.74, 6) is -1.64. The van der Waals surface area contributed by atoms with Gasteiger partial charge < -0.3 is 5.73 Å². The van der Waals surface area contributed by atoms with Gasteiger partial charge in [0.05, 0.1) is 6.07 Å². The van der Waals surface area contributed by atoms with Crippen molar-refractivity contribution in [2.24, 2.45) is 11.7 Å². The summed E-state index contributed by atoms with van der Waals surface area (Å²) in [6.45, 7) is 1.87. The summed E-state index contributed by atoms with van der Waals surface area (Å²) in [6.07, 6.45) is -3.69. The van der Waals surface area contributed by atoms with Crippen LogP contribution < -0.4 is 5.73 Å². The smallest absolute Gasteiger partial charge is 0.327 e. The van der Waals surface area contributed by atoms with Crippen molar-refractivity contribution in [3.8, 4) is 6.07 Å². The number of alkyl halides is 3. The molecule has 0 bridgehead atoms. The van der Waals surface area contributed by atoms with Crippen LogP contribution in [0.1, 0.15) is 13.3 Å². The fourth-order valence-electron chi connectivity index (χ4n) is 0.660. The fraction of sp³-hybridized carbons (Fsp3) is 0.875. The first-order valence-electron chi connectivity index (χ1n) is 4.21. The topological polar surface area (TPSA) is 49.8 Å². The van der Waals surface area contributed by atoms with Gasteiger partial charge in [-0.15, -0.1) is 0 Å². The second-order valence-electron chi connectivity index (χ2n) is 2.93. The first kappa shape index (κ1) is 13.6. The van der Waals surface area contributed by atoms with Crippen LogP contribution in [0.25, 0.3) is 0 Å². The Morgan fingerprint density at radius 3 is 2.36 bits per heavy atom. The maximum atomic E-state index is 12.1. The number of halogens is 3. The highest BCUT2D eigenvalue weighted by atomic mass is 32.2. The van der Waals surface area contributed by atoms with Gasteiger partial charge in [-0.3, -0.25) is 0 Å². The van der Waals surface area contributed by atoms with Crippen molar-refractivity contribution in [2.75, 3.05) is 11.5 Å². The molecule has 2 unspecified atom stereocenters. The van der Waals surface area contributed by atoms with Crippen LogP contribution >= 0.6 is 11.8 Å². The van der Waals surface area contributed by atoms with Gasteiger partial charge in [-0.05, 0) is 6.42 Å². The molecule has 0 aliphatic carbocycles. The zero-order valence-electron chi connectivity index (χ0n) is 7.84. The Kier molecular flexibility index (Phi) is 5.96. The van der Waals surface area contributed by atoms with Gasteiger partial charge in [-0.25, -0.2) is 0 Å². The Bertz CT molecular complexity index is 200. The lowest BCUT2D eigenvalue weighted by molar-refractivity contribution is -0.152. The molecule has 2 atom stereocenters. The summed E-state index contributed by atoms with van der Waals surface area (Å²) in [5, 5.41) is 8.27. The van der Waals surface area contributed by atoms with Crippen LogP contribution in [0.5, 0.6) is 0 Å². The van der Waals surface area contributed by atoms with Crippen molar-refractivity contribution < 1.29 is 13.2 Å². The number of thioether (sulfide) groups is 1. The molecule has 0 saturated carbocycles. The van der Waals surface area contributed by atoms with Gasteiger partial charge in [0, 0.05) is 17.5 Å². The fourth-order valence-corrected chi connectivity index (χ4v) is 1.83. The van der Waals surface area contributed by atoms with Gasteiger partial charge in [-0.2, -0.15) is 30.2 Å². The van der Waals surface area contributed by atoms with Crippen molar-refractivity contribution in [1.82, 2.24) is 0 Å². The molecule has 0 rings (SSSR count). The van der Waals surface area contributed by atoms with E-state index in [0.717, 1.165) is 18.2 Å². The van der Waals surface area contributed by atoms with E-state index in [4.69, 9.17) is 11.0 Å². The first-order valence-corrected chi connectivity index (χ1v) is 5.37. The van der Waals surface area contributed by atoms with Gasteiger partial charge in [0.2, 0.25) is 0 Å². The lowest BCUT2D eigenvalue weighted by Gasteiger charge is -2.13. The zero-order chi connectivity index (χ0) is 11.2. The van der Waals surface area contributed by atoms with Crippen molar-refractivity contribution >= 4 is 11.8 Å². The molecule has 0 aromatic heterocycles. The zero-order valence-corrected chi connectivity index (χ0v) is 8.66. The molecule has 0 aliphatic rings. The Morgan fingerprint density at radius 2 is 2.00 bits per heavy atom. The van der Waals surface area contributed by atoms with E-state index in [1.165, 1.54) is 6.07 Å². The quantitative estimate of drug-likeness (QED) is 0.781. The molecule has 0 fully saturated rings. The first-order chi connectivity index (χ1) is 6.41. The molecule has 0 aromatic carbocycles. The molecule has 0 radical (unpaired) electrons. The van der Waals surface area contributed by atoms with Crippen LogP contribution in [-0.2, 0) is 0 Å². The van der Waals surface area contributed by atoms with Gasteiger partial charge in [0.25, 0.3) is 0 Å². The summed E-state index contributed by atoms with van der Waals surface area (Å²) in [6, 6.07) is 1.16. The summed E-state index contributed by atoms with van der Waals surface area (Å²) in [7, 11) is 0. The lowest BCUT2D eigenvalue weighted by Crippen LogP contribution is -2.26. The molecule has 2 N–H and O–H groups in total. The van der Waals surface area contributed by atoms with Crippen molar-refractivity contribution in [3.05, 3.63) is 0 Å². The van der Waals surface area contributed by atoms with Crippen LogP contribution in [0, 0.1) is 17.2 Å². The number of nitrogens with two attached hydrogens (primary N) is 1. The number of nitriles is 1. The molecule has 0 amide bonds. The molecule has 82 valence electrons. The Labute approximate surface area is 85.6 Å². The monoisotopic (exact) mass is 226 g/mol. The second-order valence-corrected chi connectivity index (χ2v) is 4.00. The molecule has 0 heterocycles. The molecular formula is C8H13F3N2S. The molecule has 0 spiro atoms. The molecule has 0 aromatic rings. The van der Waals surface area contributed by atoms with E-state index in [1.54, 1.807) is 0 Å². The van der Waals surface area contributed by atoms with Crippen molar-refractivity contribution in [1.29, 1.82) is 5.26 Å². The highest BCUT2D eigenvalue weighted by Gasteiger charge is 2.39. The SMILES string of the molecule is CCC(N)CSCC(C#N)C(F)(F)F. The van der Waals surface area contributed by atoms with Crippen LogP contribution in [0.2, 0.25) is 0 Å². The molecule has 6 heteroatoms. The van der Waals surface area contributed by atoms with Gasteiger partial charge >= 0.3 is 6.18 Å². The summed E-state index contributed by atoms with van der Waals surface area (Å²) >= 11 is 1.08. The third kappa shape index (κ3) is 5.35. The summed E-state index contributed by atoms with van der Waals surface area (Å²) in [5.41, 5.74) is 5.52. The summed E-state index contributed by atoms with van der Waals surface area (Å²) < 4.78 is 36.2. The third-order valence-corrected chi connectivity index (χ3v) is 2.92. The molecule has 0 aliphatic heterocycles. The van der Waals surface area contributed by atoms with E-state index < -0.39 is 12.1 Å². The molecule has 2 nitrogen and oxygen atoms in total. The Balaban J connectivity index is 3.82. The van der Waals surface area contributed by atoms with E-state index in [-0.39, 0.29) is 11.8 Å². The van der Waals surface area contributed by atoms with Gasteiger partial charge in [0.1, 0.15) is 0 Å². The summed E-state index contributed by atoms with van der Waals surface area (Å²) in [4.78, 5) is 0. The van der Waals surface area contributed by atoms with Crippen LogP contribution in [0.4, 0.5) is 13.2 Å². The maximum Gasteiger partial charge on any atom is 0.405 e. The molecule has 0 saturated heterocycles. The Hall–Kier alpha value is -0.410. The van der Waals surface area contributed by atoms with Crippen molar-refractivity contribution in [3.63, 3.8) is 0 Å². The molecular weight excluding hydrogens is 213 g/mol. The van der Waals surface area contributed by atoms with Crippen LogP contribution in [0.3, 0.4) is 0 Å². The third-order valence-electron chi connectivity index (χ3n) is 1.69. The highest BCUT2D eigenvalue weighted by Crippen LogP contribution is 2.28. The average molecular weight is 226 g/mol. The van der Waals surface area contributed by atoms with Gasteiger partial charge in [-0.1, -0.05) is 6.92 Å². The minimum atomic E-state index is -4.42. The van der Waals surface area contributed by atoms with E-state index in [1.807, 2.05) is 6.92 Å². The van der Waals surface area contributed by atoms with Gasteiger partial charge in [0.15, 0.2) is 5.92 Å². The predicted molar refractivity (Wildman–Crippen MR) is 50.7 cm³/mol. The van der Waals surface area contributed by atoms with Crippen LogP contribution in [0.15, 0.2) is 0 Å². The number of hydrogen-bond acceptors (Lipinski definition) is 3. The van der Waals surface area contributed by atoms with E-state index >= 15 is 0 Å². The minimum absolute atomic E-state index is 0.0902. The average Bonchev–Trinajstić information content (AvgIpc) is 2.09.